The smallest absolute Gasteiger partial charge is 0.308 e. The van der Waals surface area contributed by atoms with Crippen LogP contribution in [-0.4, -0.2) is 26.1 Å². The molecule has 2 N–H and O–H groups in total. The Hall–Kier alpha value is -2.09. The van der Waals surface area contributed by atoms with Gasteiger partial charge in [0.05, 0.1) is 26.3 Å². The second-order valence-electron chi connectivity index (χ2n) is 6.06. The van der Waals surface area contributed by atoms with Crippen molar-refractivity contribution in [2.45, 2.75) is 31.1 Å². The van der Waals surface area contributed by atoms with Crippen LogP contribution in [0.15, 0.2) is 47.4 Å². The zero-order chi connectivity index (χ0) is 20.7. The lowest BCUT2D eigenvalue weighted by Gasteiger charge is -2.10. The molecule has 0 bridgehead atoms. The summed E-state index contributed by atoms with van der Waals surface area (Å²) in [6, 6.07) is 9.52. The van der Waals surface area contributed by atoms with Crippen molar-refractivity contribution in [3.63, 3.8) is 0 Å². The first kappa shape index (κ1) is 22.2. The van der Waals surface area contributed by atoms with E-state index in [4.69, 9.17) is 23.2 Å². The lowest BCUT2D eigenvalue weighted by molar-refractivity contribution is 0.0967. The van der Waals surface area contributed by atoms with Crippen LogP contribution in [0.3, 0.4) is 0 Å². The molecule has 0 aromatic heterocycles. The number of benzene rings is 2. The summed E-state index contributed by atoms with van der Waals surface area (Å²) in [5.74, 6) is -0.662. The number of imide groups is 1. The minimum absolute atomic E-state index is 0.00509. The van der Waals surface area contributed by atoms with E-state index in [2.05, 4.69) is 10.6 Å². The summed E-state index contributed by atoms with van der Waals surface area (Å²) >= 11 is 11.9. The van der Waals surface area contributed by atoms with E-state index in [1.165, 1.54) is 36.4 Å². The number of halogens is 2. The van der Waals surface area contributed by atoms with Gasteiger partial charge in [0.1, 0.15) is 0 Å². The lowest BCUT2D eigenvalue weighted by atomic mass is 10.2. The molecule has 0 aliphatic carbocycles. The van der Waals surface area contributed by atoms with Crippen molar-refractivity contribution in [1.82, 2.24) is 5.32 Å². The van der Waals surface area contributed by atoms with E-state index < -0.39 is 21.8 Å². The number of unbranched alkanes of at least 4 members (excludes halogenated alkanes) is 2. The first-order valence-electron chi connectivity index (χ1n) is 8.63. The van der Waals surface area contributed by atoms with Crippen molar-refractivity contribution in [3.05, 3.63) is 58.1 Å². The largest absolute Gasteiger partial charge is 0.326 e. The molecule has 0 aliphatic rings. The standard InChI is InChI=1S/C19H20Cl2N2O4S/c1-2-3-4-12-28(26,27)14-10-8-13(9-11-14)22-19(25)23-18(24)17-15(20)6-5-7-16(17)21/h5-11H,2-4,12H2,1H3,(H2,22,23,24,25). The monoisotopic (exact) mass is 442 g/mol. The van der Waals surface area contributed by atoms with Crippen LogP contribution in [0.1, 0.15) is 36.5 Å². The zero-order valence-electron chi connectivity index (χ0n) is 15.2. The molecular weight excluding hydrogens is 423 g/mol. The molecule has 2 aromatic carbocycles. The van der Waals surface area contributed by atoms with Crippen molar-refractivity contribution < 1.29 is 18.0 Å². The molecule has 0 unspecified atom stereocenters. The Kier molecular flexibility index (Phi) is 7.86. The number of nitrogens with one attached hydrogen (secondary N) is 2. The molecule has 0 heterocycles. The van der Waals surface area contributed by atoms with Gasteiger partial charge >= 0.3 is 6.03 Å². The fraction of sp³-hybridized carbons (Fsp3) is 0.263. The predicted molar refractivity (Wildman–Crippen MR) is 111 cm³/mol. The highest BCUT2D eigenvalue weighted by Crippen LogP contribution is 2.24. The van der Waals surface area contributed by atoms with Crippen LogP contribution in [0.4, 0.5) is 10.5 Å². The highest BCUT2D eigenvalue weighted by Gasteiger charge is 2.18. The SMILES string of the molecule is CCCCCS(=O)(=O)c1ccc(NC(=O)NC(=O)c2c(Cl)cccc2Cl)cc1. The molecule has 0 spiro atoms. The van der Waals surface area contributed by atoms with Gasteiger partial charge in [-0.1, -0.05) is 49.0 Å². The summed E-state index contributed by atoms with van der Waals surface area (Å²) in [5.41, 5.74) is 0.331. The molecule has 3 amide bonds. The maximum Gasteiger partial charge on any atom is 0.326 e. The van der Waals surface area contributed by atoms with E-state index in [-0.39, 0.29) is 26.3 Å². The summed E-state index contributed by atoms with van der Waals surface area (Å²) in [5, 5.41) is 4.83. The summed E-state index contributed by atoms with van der Waals surface area (Å²) in [7, 11) is -3.35. The van der Waals surface area contributed by atoms with Gasteiger partial charge < -0.3 is 5.32 Å². The molecule has 28 heavy (non-hydrogen) atoms. The topological polar surface area (TPSA) is 92.3 Å². The molecule has 0 saturated carbocycles. The molecule has 0 saturated heterocycles. The number of sulfone groups is 1. The van der Waals surface area contributed by atoms with Crippen LogP contribution >= 0.6 is 23.2 Å². The predicted octanol–water partition coefficient (Wildman–Crippen LogP) is 4.92. The molecule has 2 aromatic rings. The molecular formula is C19H20Cl2N2O4S. The van der Waals surface area contributed by atoms with Gasteiger partial charge in [-0.2, -0.15) is 0 Å². The number of hydrogen-bond acceptors (Lipinski definition) is 4. The van der Waals surface area contributed by atoms with Crippen molar-refractivity contribution in [2.75, 3.05) is 11.1 Å². The van der Waals surface area contributed by atoms with Crippen LogP contribution in [0.25, 0.3) is 0 Å². The Morgan fingerprint density at radius 1 is 0.964 bits per heavy atom. The van der Waals surface area contributed by atoms with Gasteiger partial charge in [-0.05, 0) is 42.8 Å². The lowest BCUT2D eigenvalue weighted by Crippen LogP contribution is -2.34. The first-order valence-corrected chi connectivity index (χ1v) is 11.0. The molecule has 0 fully saturated rings. The van der Waals surface area contributed by atoms with Gasteiger partial charge in [0.25, 0.3) is 5.91 Å². The van der Waals surface area contributed by atoms with E-state index in [0.717, 1.165) is 12.8 Å². The number of amides is 3. The number of carbonyl (C=O) groups is 2. The Morgan fingerprint density at radius 2 is 1.57 bits per heavy atom. The van der Waals surface area contributed by atoms with Gasteiger partial charge in [-0.25, -0.2) is 13.2 Å². The van der Waals surface area contributed by atoms with Crippen LogP contribution in [0.5, 0.6) is 0 Å². The summed E-state index contributed by atoms with van der Waals surface area (Å²) in [4.78, 5) is 24.4. The quantitative estimate of drug-likeness (QED) is 0.595. The van der Waals surface area contributed by atoms with E-state index >= 15 is 0 Å². The average Bonchev–Trinajstić information content (AvgIpc) is 2.62. The second kappa shape index (κ2) is 9.91. The van der Waals surface area contributed by atoms with Crippen LogP contribution in [-0.2, 0) is 9.84 Å². The maximum absolute atomic E-state index is 12.2. The number of urea groups is 1. The van der Waals surface area contributed by atoms with E-state index in [1.54, 1.807) is 6.07 Å². The summed E-state index contributed by atoms with van der Waals surface area (Å²) in [6.07, 6.45) is 2.39. The van der Waals surface area contributed by atoms with Crippen molar-refractivity contribution >= 4 is 50.7 Å². The summed E-state index contributed by atoms with van der Waals surface area (Å²) < 4.78 is 24.5. The minimum atomic E-state index is -3.35. The number of rotatable bonds is 7. The van der Waals surface area contributed by atoms with Gasteiger partial charge in [-0.3, -0.25) is 10.1 Å². The van der Waals surface area contributed by atoms with Gasteiger partial charge in [0, 0.05) is 5.69 Å². The third kappa shape index (κ3) is 5.95. The van der Waals surface area contributed by atoms with Crippen molar-refractivity contribution in [3.8, 4) is 0 Å². The Labute approximate surface area is 174 Å². The van der Waals surface area contributed by atoms with Gasteiger partial charge in [0.2, 0.25) is 0 Å². The molecule has 6 nitrogen and oxygen atoms in total. The second-order valence-corrected chi connectivity index (χ2v) is 8.98. The molecule has 0 radical (unpaired) electrons. The number of anilines is 1. The molecule has 9 heteroatoms. The van der Waals surface area contributed by atoms with Crippen LogP contribution in [0.2, 0.25) is 10.0 Å². The molecule has 2 rings (SSSR count). The number of hydrogen-bond donors (Lipinski definition) is 2. The maximum atomic E-state index is 12.2. The average molecular weight is 443 g/mol. The summed E-state index contributed by atoms with van der Waals surface area (Å²) in [6.45, 7) is 2.00. The van der Waals surface area contributed by atoms with Crippen LogP contribution in [0, 0.1) is 0 Å². The van der Waals surface area contributed by atoms with Crippen molar-refractivity contribution in [1.29, 1.82) is 0 Å². The molecule has 0 aliphatic heterocycles. The first-order chi connectivity index (χ1) is 13.2. The number of carbonyl (C=O) groups excluding carboxylic acids is 2. The third-order valence-electron chi connectivity index (χ3n) is 3.90. The van der Waals surface area contributed by atoms with Gasteiger partial charge in [0.15, 0.2) is 9.84 Å². The highest BCUT2D eigenvalue weighted by molar-refractivity contribution is 7.91. The van der Waals surface area contributed by atoms with E-state index in [0.29, 0.717) is 12.1 Å². The Balaban J connectivity index is 2.00. The fourth-order valence-electron chi connectivity index (χ4n) is 2.45. The van der Waals surface area contributed by atoms with E-state index in [9.17, 15) is 18.0 Å². The molecule has 150 valence electrons. The van der Waals surface area contributed by atoms with Crippen molar-refractivity contribution in [2.24, 2.45) is 0 Å². The van der Waals surface area contributed by atoms with Gasteiger partial charge in [-0.15, -0.1) is 0 Å². The third-order valence-corrected chi connectivity index (χ3v) is 6.35. The van der Waals surface area contributed by atoms with Crippen LogP contribution < -0.4 is 10.6 Å². The van der Waals surface area contributed by atoms with E-state index in [1.807, 2.05) is 6.92 Å². The minimum Gasteiger partial charge on any atom is -0.308 e. The Morgan fingerprint density at radius 3 is 2.14 bits per heavy atom. The molecule has 0 atom stereocenters. The highest BCUT2D eigenvalue weighted by atomic mass is 35.5. The zero-order valence-corrected chi connectivity index (χ0v) is 17.5. The normalized spacial score (nSPS) is 11.1. The Bertz CT molecular complexity index is 940. The fourth-order valence-corrected chi connectivity index (χ4v) is 4.39.